The molecule has 0 saturated carbocycles. The van der Waals surface area contributed by atoms with Crippen molar-refractivity contribution in [2.24, 2.45) is 0 Å². The Kier molecular flexibility index (Phi) is 1.62. The van der Waals surface area contributed by atoms with Crippen molar-refractivity contribution >= 4 is 0 Å². The van der Waals surface area contributed by atoms with Crippen molar-refractivity contribution in [1.82, 2.24) is 10.3 Å². The lowest BCUT2D eigenvalue weighted by Gasteiger charge is -2.11. The largest absolute Gasteiger partial charge is 0.306 e. The maximum absolute atomic E-state index is 4.50. The Hall–Kier alpha value is -0.890. The van der Waals surface area contributed by atoms with Crippen LogP contribution in [0.1, 0.15) is 36.6 Å². The Morgan fingerprint density at radius 2 is 2.31 bits per heavy atom. The van der Waals surface area contributed by atoms with Crippen LogP contribution in [0.15, 0.2) is 18.3 Å². The molecule has 1 fully saturated rings. The quantitative estimate of drug-likeness (QED) is 0.649. The fourth-order valence-corrected chi connectivity index (χ4v) is 2.57. The molecule has 2 unspecified atom stereocenters. The molecule has 0 radical (unpaired) electrons. The summed E-state index contributed by atoms with van der Waals surface area (Å²) < 4.78 is 0. The van der Waals surface area contributed by atoms with Gasteiger partial charge in [-0.2, -0.15) is 0 Å². The second kappa shape index (κ2) is 2.81. The van der Waals surface area contributed by atoms with E-state index in [1.165, 1.54) is 36.9 Å². The van der Waals surface area contributed by atoms with Crippen molar-refractivity contribution in [3.05, 3.63) is 29.6 Å². The summed E-state index contributed by atoms with van der Waals surface area (Å²) in [6.07, 6.45) is 7.01. The van der Waals surface area contributed by atoms with E-state index in [0.29, 0.717) is 6.04 Å². The molecule has 68 valence electrons. The van der Waals surface area contributed by atoms with E-state index in [4.69, 9.17) is 0 Å². The Labute approximate surface area is 78.4 Å². The van der Waals surface area contributed by atoms with Gasteiger partial charge in [0, 0.05) is 12.2 Å². The van der Waals surface area contributed by atoms with Gasteiger partial charge in [-0.25, -0.2) is 0 Å². The van der Waals surface area contributed by atoms with E-state index in [1.54, 1.807) is 0 Å². The molecule has 0 aromatic carbocycles. The van der Waals surface area contributed by atoms with Crippen LogP contribution in [0.3, 0.4) is 0 Å². The van der Waals surface area contributed by atoms with E-state index in [-0.39, 0.29) is 0 Å². The summed E-state index contributed by atoms with van der Waals surface area (Å²) in [7, 11) is 0. The standard InChI is InChI=1S/C11H14N2/c1-2-8-3-4-9-5-6-10(13-9)11(8)12-7-1/h1-2,7,9-10,13H,3-6H2. The van der Waals surface area contributed by atoms with Crippen molar-refractivity contribution < 1.29 is 0 Å². The van der Waals surface area contributed by atoms with Crippen LogP contribution < -0.4 is 5.32 Å². The predicted molar refractivity (Wildman–Crippen MR) is 51.5 cm³/mol. The lowest BCUT2D eigenvalue weighted by molar-refractivity contribution is 0.539. The molecule has 2 atom stereocenters. The first-order valence-electron chi connectivity index (χ1n) is 5.13. The van der Waals surface area contributed by atoms with Crippen LogP contribution in [0.25, 0.3) is 0 Å². The smallest absolute Gasteiger partial charge is 0.0605 e. The summed E-state index contributed by atoms with van der Waals surface area (Å²) in [5.41, 5.74) is 2.77. The second-order valence-electron chi connectivity index (χ2n) is 4.08. The SMILES string of the molecule is c1cnc2c(c1)CCC1CCC2N1. The zero-order valence-electron chi connectivity index (χ0n) is 7.66. The maximum atomic E-state index is 4.50. The summed E-state index contributed by atoms with van der Waals surface area (Å²) in [5.74, 6) is 0. The van der Waals surface area contributed by atoms with Crippen LogP contribution in [0, 0.1) is 0 Å². The van der Waals surface area contributed by atoms with Crippen molar-refractivity contribution in [1.29, 1.82) is 0 Å². The van der Waals surface area contributed by atoms with Crippen LogP contribution in [0.4, 0.5) is 0 Å². The lowest BCUT2D eigenvalue weighted by atomic mass is 9.97. The highest BCUT2D eigenvalue weighted by molar-refractivity contribution is 5.26. The average molecular weight is 174 g/mol. The van der Waals surface area contributed by atoms with Gasteiger partial charge in [0.15, 0.2) is 0 Å². The zero-order chi connectivity index (χ0) is 8.67. The van der Waals surface area contributed by atoms with E-state index in [9.17, 15) is 0 Å². The van der Waals surface area contributed by atoms with E-state index in [2.05, 4.69) is 22.4 Å². The summed E-state index contributed by atoms with van der Waals surface area (Å²) >= 11 is 0. The number of nitrogens with zero attached hydrogens (tertiary/aromatic N) is 1. The number of hydrogen-bond acceptors (Lipinski definition) is 2. The van der Waals surface area contributed by atoms with E-state index < -0.39 is 0 Å². The highest BCUT2D eigenvalue weighted by atomic mass is 15.0. The molecule has 2 aliphatic heterocycles. The third kappa shape index (κ3) is 1.17. The number of nitrogens with one attached hydrogen (secondary N) is 1. The first kappa shape index (κ1) is 7.51. The van der Waals surface area contributed by atoms with Gasteiger partial charge in [-0.15, -0.1) is 0 Å². The Morgan fingerprint density at radius 3 is 3.31 bits per heavy atom. The van der Waals surface area contributed by atoms with Gasteiger partial charge in [0.25, 0.3) is 0 Å². The zero-order valence-corrected chi connectivity index (χ0v) is 7.66. The van der Waals surface area contributed by atoms with Gasteiger partial charge in [0.2, 0.25) is 0 Å². The minimum absolute atomic E-state index is 0.545. The number of aromatic nitrogens is 1. The van der Waals surface area contributed by atoms with Crippen LogP contribution in [-0.4, -0.2) is 11.0 Å². The summed E-state index contributed by atoms with van der Waals surface area (Å²) in [5, 5.41) is 3.65. The fourth-order valence-electron chi connectivity index (χ4n) is 2.57. The van der Waals surface area contributed by atoms with Crippen LogP contribution in [-0.2, 0) is 6.42 Å². The van der Waals surface area contributed by atoms with Crippen LogP contribution in [0.5, 0.6) is 0 Å². The fraction of sp³-hybridized carbons (Fsp3) is 0.545. The lowest BCUT2D eigenvalue weighted by Crippen LogP contribution is -2.22. The molecule has 0 spiro atoms. The van der Waals surface area contributed by atoms with Gasteiger partial charge in [0.1, 0.15) is 0 Å². The van der Waals surface area contributed by atoms with Gasteiger partial charge in [-0.05, 0) is 37.3 Å². The van der Waals surface area contributed by atoms with Crippen molar-refractivity contribution in [3.63, 3.8) is 0 Å². The molecule has 3 rings (SSSR count). The van der Waals surface area contributed by atoms with E-state index in [1.807, 2.05) is 6.20 Å². The molecule has 0 aliphatic carbocycles. The molecular weight excluding hydrogens is 160 g/mol. The molecule has 2 aliphatic rings. The summed E-state index contributed by atoms with van der Waals surface area (Å²) in [6.45, 7) is 0. The van der Waals surface area contributed by atoms with Crippen LogP contribution >= 0.6 is 0 Å². The molecule has 2 nitrogen and oxygen atoms in total. The molecule has 1 aromatic heterocycles. The molecule has 3 heterocycles. The molecule has 1 aromatic rings. The molecule has 2 bridgehead atoms. The summed E-state index contributed by atoms with van der Waals surface area (Å²) in [6, 6.07) is 5.57. The number of aryl methyl sites for hydroxylation is 1. The third-order valence-electron chi connectivity index (χ3n) is 3.26. The third-order valence-corrected chi connectivity index (χ3v) is 3.26. The first-order valence-corrected chi connectivity index (χ1v) is 5.13. The maximum Gasteiger partial charge on any atom is 0.0605 e. The van der Waals surface area contributed by atoms with Gasteiger partial charge in [0.05, 0.1) is 11.7 Å². The topological polar surface area (TPSA) is 24.9 Å². The summed E-state index contributed by atoms with van der Waals surface area (Å²) in [4.78, 5) is 4.50. The van der Waals surface area contributed by atoms with Crippen molar-refractivity contribution in [3.8, 4) is 0 Å². The van der Waals surface area contributed by atoms with Gasteiger partial charge in [-0.3, -0.25) is 4.98 Å². The molecule has 1 N–H and O–H groups in total. The molecular formula is C11H14N2. The first-order chi connectivity index (χ1) is 6.43. The second-order valence-corrected chi connectivity index (χ2v) is 4.08. The van der Waals surface area contributed by atoms with Gasteiger partial charge < -0.3 is 5.32 Å². The normalized spacial score (nSPS) is 31.1. The minimum Gasteiger partial charge on any atom is -0.306 e. The molecule has 1 saturated heterocycles. The van der Waals surface area contributed by atoms with Gasteiger partial charge in [-0.1, -0.05) is 6.07 Å². The Balaban J connectivity index is 2.07. The van der Waals surface area contributed by atoms with Crippen LogP contribution in [0.2, 0.25) is 0 Å². The molecule has 2 heteroatoms. The minimum atomic E-state index is 0.545. The van der Waals surface area contributed by atoms with E-state index >= 15 is 0 Å². The Bertz CT molecular complexity index is 322. The van der Waals surface area contributed by atoms with E-state index in [0.717, 1.165) is 6.04 Å². The number of fused-ring (bicyclic) bond motifs is 4. The van der Waals surface area contributed by atoms with Crippen molar-refractivity contribution in [2.75, 3.05) is 0 Å². The highest BCUT2D eigenvalue weighted by Crippen LogP contribution is 2.32. The Morgan fingerprint density at radius 1 is 1.31 bits per heavy atom. The number of pyridine rings is 1. The predicted octanol–water partition coefficient (Wildman–Crippen LogP) is 1.82. The molecule has 0 amide bonds. The van der Waals surface area contributed by atoms with Crippen molar-refractivity contribution in [2.45, 2.75) is 37.8 Å². The number of rotatable bonds is 0. The average Bonchev–Trinajstić information content (AvgIpc) is 2.54. The highest BCUT2D eigenvalue weighted by Gasteiger charge is 2.30. The molecule has 13 heavy (non-hydrogen) atoms. The number of hydrogen-bond donors (Lipinski definition) is 1. The van der Waals surface area contributed by atoms with Gasteiger partial charge >= 0.3 is 0 Å². The monoisotopic (exact) mass is 174 g/mol.